The summed E-state index contributed by atoms with van der Waals surface area (Å²) in [4.78, 5) is 16.5. The van der Waals surface area contributed by atoms with Gasteiger partial charge in [-0.25, -0.2) is 4.39 Å². The number of carbonyl (C=O) groups excluding carboxylic acids is 1. The molecule has 0 saturated heterocycles. The van der Waals surface area contributed by atoms with Gasteiger partial charge in [-0.05, 0) is 61.2 Å². The van der Waals surface area contributed by atoms with E-state index in [9.17, 15) is 9.18 Å². The lowest BCUT2D eigenvalue weighted by atomic mass is 10.1. The van der Waals surface area contributed by atoms with E-state index in [0.29, 0.717) is 24.1 Å². The van der Waals surface area contributed by atoms with Crippen LogP contribution in [0.3, 0.4) is 0 Å². The molecule has 0 fully saturated rings. The first-order valence-electron chi connectivity index (χ1n) is 8.84. The maximum atomic E-state index is 13.6. The highest BCUT2D eigenvalue weighted by molar-refractivity contribution is 5.94. The molecule has 0 bridgehead atoms. The lowest BCUT2D eigenvalue weighted by Gasteiger charge is -2.10. The number of amides is 1. The molecule has 3 aromatic rings. The number of hydrogen-bond acceptors (Lipinski definition) is 3. The zero-order chi connectivity index (χ0) is 19.2. The normalized spacial score (nSPS) is 10.5. The predicted molar refractivity (Wildman–Crippen MR) is 106 cm³/mol. The summed E-state index contributed by atoms with van der Waals surface area (Å²) >= 11 is 0. The van der Waals surface area contributed by atoms with Crippen molar-refractivity contribution in [2.24, 2.45) is 0 Å². The number of nitrogens with zero attached hydrogens (tertiary/aromatic N) is 1. The van der Waals surface area contributed by atoms with Crippen molar-refractivity contribution in [1.29, 1.82) is 0 Å². The summed E-state index contributed by atoms with van der Waals surface area (Å²) < 4.78 is 13.6. The molecule has 0 atom stereocenters. The molecule has 0 aliphatic carbocycles. The number of pyridine rings is 1. The molecular formula is C22H22FN3O. The largest absolute Gasteiger partial charge is 0.354 e. The zero-order valence-corrected chi connectivity index (χ0v) is 15.4. The van der Waals surface area contributed by atoms with Gasteiger partial charge in [0.2, 0.25) is 0 Å². The van der Waals surface area contributed by atoms with Gasteiger partial charge in [-0.1, -0.05) is 24.3 Å². The Kier molecular flexibility index (Phi) is 5.81. The van der Waals surface area contributed by atoms with E-state index >= 15 is 0 Å². The summed E-state index contributed by atoms with van der Waals surface area (Å²) in [6, 6.07) is 14.4. The van der Waals surface area contributed by atoms with Crippen molar-refractivity contribution in [3.05, 3.63) is 89.0 Å². The molecule has 27 heavy (non-hydrogen) atoms. The standard InChI is InChI=1S/C22H22FN3O/c1-15-7-8-19(11-16(15)2)26-20-12-18(13-24-14-20)22(27)25-10-9-17-5-3-4-6-21(17)23/h3-8,11-14,26H,9-10H2,1-2H3,(H,25,27). The zero-order valence-electron chi connectivity index (χ0n) is 15.4. The molecule has 5 heteroatoms. The fourth-order valence-corrected chi connectivity index (χ4v) is 2.73. The SMILES string of the molecule is Cc1ccc(Nc2cncc(C(=O)NCCc3ccccc3F)c2)cc1C. The Hall–Kier alpha value is -3.21. The number of hydrogen-bond donors (Lipinski definition) is 2. The monoisotopic (exact) mass is 363 g/mol. The molecule has 1 aromatic heterocycles. The molecular weight excluding hydrogens is 341 g/mol. The maximum Gasteiger partial charge on any atom is 0.252 e. The first-order chi connectivity index (χ1) is 13.0. The van der Waals surface area contributed by atoms with E-state index in [1.165, 1.54) is 23.4 Å². The first-order valence-corrected chi connectivity index (χ1v) is 8.84. The van der Waals surface area contributed by atoms with Crippen LogP contribution in [0.15, 0.2) is 60.9 Å². The molecule has 3 rings (SSSR count). The minimum atomic E-state index is -0.256. The van der Waals surface area contributed by atoms with Gasteiger partial charge in [-0.15, -0.1) is 0 Å². The highest BCUT2D eigenvalue weighted by Gasteiger charge is 2.08. The van der Waals surface area contributed by atoms with Gasteiger partial charge in [-0.2, -0.15) is 0 Å². The number of halogens is 1. The Morgan fingerprint density at radius 2 is 1.81 bits per heavy atom. The molecule has 0 radical (unpaired) electrons. The smallest absolute Gasteiger partial charge is 0.252 e. The van der Waals surface area contributed by atoms with Crippen LogP contribution in [0.4, 0.5) is 15.8 Å². The van der Waals surface area contributed by atoms with Crippen molar-refractivity contribution in [3.63, 3.8) is 0 Å². The van der Waals surface area contributed by atoms with Crippen LogP contribution in [0.25, 0.3) is 0 Å². The number of aryl methyl sites for hydroxylation is 2. The number of benzene rings is 2. The van der Waals surface area contributed by atoms with E-state index in [1.807, 2.05) is 12.1 Å². The second-order valence-electron chi connectivity index (χ2n) is 6.48. The van der Waals surface area contributed by atoms with Crippen molar-refractivity contribution in [2.45, 2.75) is 20.3 Å². The van der Waals surface area contributed by atoms with Crippen LogP contribution in [0.2, 0.25) is 0 Å². The van der Waals surface area contributed by atoms with Crippen LogP contribution in [0.1, 0.15) is 27.0 Å². The second kappa shape index (κ2) is 8.45. The molecule has 0 aliphatic rings. The van der Waals surface area contributed by atoms with E-state index < -0.39 is 0 Å². The van der Waals surface area contributed by atoms with Crippen molar-refractivity contribution in [3.8, 4) is 0 Å². The van der Waals surface area contributed by atoms with Crippen LogP contribution in [0.5, 0.6) is 0 Å². The average molecular weight is 363 g/mol. The van der Waals surface area contributed by atoms with Crippen molar-refractivity contribution in [2.75, 3.05) is 11.9 Å². The van der Waals surface area contributed by atoms with Gasteiger partial charge in [0, 0.05) is 18.4 Å². The number of carbonyl (C=O) groups is 1. The Morgan fingerprint density at radius 3 is 2.59 bits per heavy atom. The lowest BCUT2D eigenvalue weighted by Crippen LogP contribution is -2.26. The molecule has 138 valence electrons. The molecule has 0 saturated carbocycles. The molecule has 2 aromatic carbocycles. The molecule has 0 spiro atoms. The fourth-order valence-electron chi connectivity index (χ4n) is 2.73. The Morgan fingerprint density at radius 1 is 1.00 bits per heavy atom. The summed E-state index contributed by atoms with van der Waals surface area (Å²) in [7, 11) is 0. The minimum absolute atomic E-state index is 0.234. The Balaban J connectivity index is 1.61. The van der Waals surface area contributed by atoms with Gasteiger partial charge in [0.15, 0.2) is 0 Å². The highest BCUT2D eigenvalue weighted by Crippen LogP contribution is 2.19. The van der Waals surface area contributed by atoms with Crippen LogP contribution < -0.4 is 10.6 Å². The fraction of sp³-hybridized carbons (Fsp3) is 0.182. The molecule has 2 N–H and O–H groups in total. The van der Waals surface area contributed by atoms with E-state index in [4.69, 9.17) is 0 Å². The topological polar surface area (TPSA) is 54.0 Å². The van der Waals surface area contributed by atoms with Gasteiger partial charge in [-0.3, -0.25) is 9.78 Å². The quantitative estimate of drug-likeness (QED) is 0.675. The maximum absolute atomic E-state index is 13.6. The average Bonchev–Trinajstić information content (AvgIpc) is 2.66. The van der Waals surface area contributed by atoms with Gasteiger partial charge in [0.25, 0.3) is 5.91 Å². The molecule has 1 amide bonds. The summed E-state index contributed by atoms with van der Waals surface area (Å²) in [5, 5.41) is 6.07. The molecule has 0 unspecified atom stereocenters. The van der Waals surface area contributed by atoms with Gasteiger partial charge in [0.1, 0.15) is 5.82 Å². The molecule has 1 heterocycles. The minimum Gasteiger partial charge on any atom is -0.354 e. The Labute approximate surface area is 158 Å². The van der Waals surface area contributed by atoms with Gasteiger partial charge >= 0.3 is 0 Å². The second-order valence-corrected chi connectivity index (χ2v) is 6.48. The van der Waals surface area contributed by atoms with Crippen LogP contribution in [-0.4, -0.2) is 17.4 Å². The number of aromatic nitrogens is 1. The van der Waals surface area contributed by atoms with Gasteiger partial charge < -0.3 is 10.6 Å². The summed E-state index contributed by atoms with van der Waals surface area (Å²) in [6.07, 6.45) is 3.63. The van der Waals surface area contributed by atoms with E-state index in [0.717, 1.165) is 11.4 Å². The summed E-state index contributed by atoms with van der Waals surface area (Å²) in [5.41, 5.74) is 5.13. The third kappa shape index (κ3) is 4.91. The number of rotatable bonds is 6. The summed E-state index contributed by atoms with van der Waals surface area (Å²) in [5.74, 6) is -0.490. The van der Waals surface area contributed by atoms with Gasteiger partial charge in [0.05, 0.1) is 17.4 Å². The van der Waals surface area contributed by atoms with Crippen LogP contribution in [-0.2, 0) is 6.42 Å². The van der Waals surface area contributed by atoms with Crippen LogP contribution in [0, 0.1) is 19.7 Å². The molecule has 0 aliphatic heterocycles. The summed E-state index contributed by atoms with van der Waals surface area (Å²) in [6.45, 7) is 4.47. The van der Waals surface area contributed by atoms with Crippen molar-refractivity contribution >= 4 is 17.3 Å². The van der Waals surface area contributed by atoms with Crippen molar-refractivity contribution < 1.29 is 9.18 Å². The van der Waals surface area contributed by atoms with Crippen molar-refractivity contribution in [1.82, 2.24) is 10.3 Å². The number of anilines is 2. The predicted octanol–water partition coefficient (Wildman–Crippen LogP) is 4.55. The van der Waals surface area contributed by atoms with E-state index in [-0.39, 0.29) is 11.7 Å². The van der Waals surface area contributed by atoms with E-state index in [2.05, 4.69) is 35.5 Å². The van der Waals surface area contributed by atoms with Crippen LogP contribution >= 0.6 is 0 Å². The Bertz CT molecular complexity index is 956. The van der Waals surface area contributed by atoms with E-state index in [1.54, 1.807) is 30.5 Å². The number of nitrogens with one attached hydrogen (secondary N) is 2. The highest BCUT2D eigenvalue weighted by atomic mass is 19.1. The first kappa shape index (κ1) is 18.6. The molecule has 4 nitrogen and oxygen atoms in total. The third-order valence-electron chi connectivity index (χ3n) is 4.43. The lowest BCUT2D eigenvalue weighted by molar-refractivity contribution is 0.0953. The third-order valence-corrected chi connectivity index (χ3v) is 4.43.